The van der Waals surface area contributed by atoms with Crippen molar-refractivity contribution in [2.75, 3.05) is 10.2 Å². The quantitative estimate of drug-likeness (QED) is 0.177. The molecule has 3 heterocycles. The van der Waals surface area contributed by atoms with Crippen molar-refractivity contribution in [2.24, 2.45) is 0 Å². The molecule has 2 nitrogen and oxygen atoms in total. The summed E-state index contributed by atoms with van der Waals surface area (Å²) in [4.78, 5) is 7.91. The van der Waals surface area contributed by atoms with Gasteiger partial charge in [0.2, 0.25) is 0 Å². The molecule has 3 aliphatic heterocycles. The van der Waals surface area contributed by atoms with Gasteiger partial charge in [0.25, 0.3) is 0 Å². The minimum absolute atomic E-state index is 0.0560. The number of nitrogens with one attached hydrogen (secondary N) is 1. The zero-order chi connectivity index (χ0) is 45.2. The lowest BCUT2D eigenvalue weighted by atomic mass is 9.57. The number of rotatable bonds is 4. The zero-order valence-corrected chi connectivity index (χ0v) is 41.2. The van der Waals surface area contributed by atoms with E-state index < -0.39 is 8.07 Å². The second kappa shape index (κ2) is 15.2. The molecule has 0 atom stereocenters. The lowest BCUT2D eigenvalue weighted by Crippen LogP contribution is -2.76. The van der Waals surface area contributed by atoms with E-state index in [0.717, 1.165) is 6.42 Å². The maximum absolute atomic E-state index is 4.15. The minimum Gasteiger partial charge on any atom is -0.355 e. The SMILES string of the molecule is Cc1cc2c(cc1N1c3cc4c(cc3[B]c3c1cc1ccccc1c3-c1cccc3c1Nc1ccccc1[Si]3(c1ccccc1)c1ccccc1)Sc1ccccc1S4)C(C)(C)CCC2(C)C. The Kier molecular flexibility index (Phi) is 9.29. The fourth-order valence-electron chi connectivity index (χ4n) is 11.9. The predicted octanol–water partition coefficient (Wildman–Crippen LogP) is 12.7. The molecule has 6 heteroatoms. The molecule has 0 amide bonds. The van der Waals surface area contributed by atoms with E-state index in [2.05, 4.69) is 234 Å². The van der Waals surface area contributed by atoms with E-state index >= 15 is 0 Å². The van der Waals surface area contributed by atoms with Crippen LogP contribution in [-0.4, -0.2) is 15.4 Å². The van der Waals surface area contributed by atoms with E-state index in [1.165, 1.54) is 125 Å². The highest BCUT2D eigenvalue weighted by molar-refractivity contribution is 8.05. The highest BCUT2D eigenvalue weighted by Gasteiger charge is 2.48. The molecule has 1 aliphatic carbocycles. The Hall–Kier alpha value is -6.18. The molecule has 13 rings (SSSR count). The first-order chi connectivity index (χ1) is 32.6. The van der Waals surface area contributed by atoms with Gasteiger partial charge in [-0.2, -0.15) is 0 Å². The van der Waals surface area contributed by atoms with Gasteiger partial charge >= 0.3 is 0 Å². The van der Waals surface area contributed by atoms with Gasteiger partial charge in [-0.3, -0.25) is 0 Å². The molecule has 0 saturated carbocycles. The molecule has 4 aliphatic rings. The summed E-state index contributed by atoms with van der Waals surface area (Å²) in [6.07, 6.45) is 2.35. The minimum atomic E-state index is -2.85. The Morgan fingerprint density at radius 3 is 1.85 bits per heavy atom. The van der Waals surface area contributed by atoms with Crippen molar-refractivity contribution in [3.8, 4) is 11.1 Å². The summed E-state index contributed by atoms with van der Waals surface area (Å²) in [6, 6.07) is 69.5. The summed E-state index contributed by atoms with van der Waals surface area (Å²) >= 11 is 3.80. The van der Waals surface area contributed by atoms with Gasteiger partial charge in [-0.15, -0.1) is 0 Å². The highest BCUT2D eigenvalue weighted by Crippen LogP contribution is 2.53. The van der Waals surface area contributed by atoms with Crippen LogP contribution in [0.2, 0.25) is 0 Å². The van der Waals surface area contributed by atoms with Gasteiger partial charge in [0.1, 0.15) is 0 Å². The average molecular weight is 914 g/mol. The summed E-state index contributed by atoms with van der Waals surface area (Å²) in [6.45, 7) is 12.1. The molecule has 0 unspecified atom stereocenters. The average Bonchev–Trinajstić information content (AvgIpc) is 3.35. The van der Waals surface area contributed by atoms with Crippen molar-refractivity contribution >= 4 is 110 Å². The molecule has 1 radical (unpaired) electrons. The van der Waals surface area contributed by atoms with E-state index in [9.17, 15) is 0 Å². The number of anilines is 5. The van der Waals surface area contributed by atoms with Crippen LogP contribution >= 0.6 is 23.5 Å². The van der Waals surface area contributed by atoms with Gasteiger partial charge in [0.15, 0.2) is 15.4 Å². The van der Waals surface area contributed by atoms with Crippen molar-refractivity contribution in [3.05, 3.63) is 199 Å². The summed E-state index contributed by atoms with van der Waals surface area (Å²) in [5.41, 5.74) is 15.5. The van der Waals surface area contributed by atoms with Crippen molar-refractivity contribution in [3.63, 3.8) is 0 Å². The molecule has 0 fully saturated rings. The second-order valence-electron chi connectivity index (χ2n) is 20.2. The number of benzene rings is 9. The molecule has 67 heavy (non-hydrogen) atoms. The van der Waals surface area contributed by atoms with E-state index in [1.807, 2.05) is 23.5 Å². The first-order valence-electron chi connectivity index (χ1n) is 23.7. The highest BCUT2D eigenvalue weighted by atomic mass is 32.2. The van der Waals surface area contributed by atoms with Gasteiger partial charge in [0.05, 0.1) is 0 Å². The predicted molar refractivity (Wildman–Crippen MR) is 291 cm³/mol. The largest absolute Gasteiger partial charge is 0.355 e. The fraction of sp³-hybridized carbons (Fsp3) is 0.148. The molecular formula is C61H50BN2S2Si. The molecule has 323 valence electrons. The molecular weight excluding hydrogens is 864 g/mol. The van der Waals surface area contributed by atoms with Gasteiger partial charge in [-0.05, 0) is 126 Å². The van der Waals surface area contributed by atoms with Crippen LogP contribution < -0.4 is 41.9 Å². The molecule has 0 aromatic heterocycles. The van der Waals surface area contributed by atoms with Crippen LogP contribution in [0.15, 0.2) is 202 Å². The lowest BCUT2D eigenvalue weighted by Gasteiger charge is -2.44. The molecule has 0 bridgehead atoms. The van der Waals surface area contributed by atoms with Crippen LogP contribution in [0.5, 0.6) is 0 Å². The third-order valence-electron chi connectivity index (χ3n) is 15.4. The number of hydrogen-bond acceptors (Lipinski definition) is 4. The zero-order valence-electron chi connectivity index (χ0n) is 38.6. The van der Waals surface area contributed by atoms with E-state index in [-0.39, 0.29) is 10.8 Å². The van der Waals surface area contributed by atoms with Crippen LogP contribution in [0.3, 0.4) is 0 Å². The number of hydrogen-bond donors (Lipinski definition) is 1. The summed E-state index contributed by atoms with van der Waals surface area (Å²) < 4.78 is 0. The molecule has 9 aromatic rings. The number of para-hydroxylation sites is 2. The number of aryl methyl sites for hydroxylation is 1. The van der Waals surface area contributed by atoms with Crippen molar-refractivity contribution < 1.29 is 0 Å². The van der Waals surface area contributed by atoms with Crippen LogP contribution in [-0.2, 0) is 10.8 Å². The van der Waals surface area contributed by atoms with Crippen molar-refractivity contribution in [1.82, 2.24) is 0 Å². The van der Waals surface area contributed by atoms with Gasteiger partial charge < -0.3 is 10.2 Å². The monoisotopic (exact) mass is 913 g/mol. The molecule has 9 aromatic carbocycles. The molecule has 0 spiro atoms. The first-order valence-corrected chi connectivity index (χ1v) is 27.3. The first kappa shape index (κ1) is 41.0. The number of nitrogens with zero attached hydrogens (tertiary/aromatic N) is 1. The third-order valence-corrected chi connectivity index (χ3v) is 22.8. The summed E-state index contributed by atoms with van der Waals surface area (Å²) in [5.74, 6) is 0. The Bertz CT molecular complexity index is 3470. The van der Waals surface area contributed by atoms with E-state index in [4.69, 9.17) is 0 Å². The maximum atomic E-state index is 4.15. The molecule has 1 N–H and O–H groups in total. The van der Waals surface area contributed by atoms with Crippen molar-refractivity contribution in [2.45, 2.75) is 77.9 Å². The third kappa shape index (κ3) is 6.19. The second-order valence-corrected chi connectivity index (χ2v) is 26.1. The van der Waals surface area contributed by atoms with Crippen LogP contribution in [0.1, 0.15) is 57.2 Å². The van der Waals surface area contributed by atoms with E-state index in [0.29, 0.717) is 0 Å². The van der Waals surface area contributed by atoms with Crippen molar-refractivity contribution in [1.29, 1.82) is 0 Å². The Labute approximate surface area is 405 Å². The molecule has 0 saturated heterocycles. The van der Waals surface area contributed by atoms with Gasteiger partial charge in [-0.25, -0.2) is 0 Å². The summed E-state index contributed by atoms with van der Waals surface area (Å²) in [7, 11) is -0.329. The van der Waals surface area contributed by atoms with Crippen LogP contribution in [0, 0.1) is 6.92 Å². The van der Waals surface area contributed by atoms with Crippen LogP contribution in [0.25, 0.3) is 21.9 Å². The van der Waals surface area contributed by atoms with Gasteiger partial charge in [0, 0.05) is 53.6 Å². The number of fused-ring (bicyclic) bond motifs is 8. The maximum Gasteiger partial charge on any atom is 0.197 e. The van der Waals surface area contributed by atoms with Gasteiger partial charge in [-0.1, -0.05) is 202 Å². The topological polar surface area (TPSA) is 15.3 Å². The fourth-order valence-corrected chi connectivity index (χ4v) is 19.3. The van der Waals surface area contributed by atoms with Crippen LogP contribution in [0.4, 0.5) is 28.4 Å². The lowest BCUT2D eigenvalue weighted by molar-refractivity contribution is 0.332. The summed E-state index contributed by atoms with van der Waals surface area (Å²) in [5, 5.41) is 12.2. The Morgan fingerprint density at radius 1 is 0.537 bits per heavy atom. The standard InChI is InChI=1S/C61H50BN2S2Si/c1-38-33-44-45(61(4,5)32-31-60(44,2)3)35-48(38)64-49-37-54-53(65-51-27-15-16-28-52(51)66-54)36-46(49)62-58-50(64)34-39-19-12-13-24-42(39)57(58)43-25-18-30-56-59(43)63-47-26-14-17-29-55(47)67(56,40-20-8-6-9-21-40)41-22-10-7-11-23-41/h6-30,33-37,63H,31-32H2,1-5H3. The van der Waals surface area contributed by atoms with E-state index in [1.54, 1.807) is 0 Å². The smallest absolute Gasteiger partial charge is 0.197 e. The Balaban J connectivity index is 1.12. The Morgan fingerprint density at radius 2 is 1.13 bits per heavy atom. The normalized spacial score (nSPS) is 16.5.